The Morgan fingerprint density at radius 3 is 2.71 bits per heavy atom. The molecule has 0 radical (unpaired) electrons. The lowest BCUT2D eigenvalue weighted by Crippen LogP contribution is -2.18. The highest BCUT2D eigenvalue weighted by Crippen LogP contribution is 2.23. The summed E-state index contributed by atoms with van der Waals surface area (Å²) in [4.78, 5) is 0. The number of nitrogens with zero attached hydrogens (tertiary/aromatic N) is 2. The van der Waals surface area contributed by atoms with E-state index in [1.54, 1.807) is 11.3 Å². The van der Waals surface area contributed by atoms with E-state index < -0.39 is 0 Å². The van der Waals surface area contributed by atoms with Crippen LogP contribution in [0.4, 0.5) is 0 Å². The van der Waals surface area contributed by atoms with Gasteiger partial charge in [0, 0.05) is 18.8 Å². The van der Waals surface area contributed by atoms with Crippen molar-refractivity contribution >= 4 is 11.3 Å². The number of aryl methyl sites for hydroxylation is 2. The fourth-order valence-electron chi connectivity index (χ4n) is 2.18. The van der Waals surface area contributed by atoms with E-state index in [2.05, 4.69) is 41.1 Å². The van der Waals surface area contributed by atoms with Crippen molar-refractivity contribution in [3.05, 3.63) is 39.3 Å². The van der Waals surface area contributed by atoms with Crippen LogP contribution >= 0.6 is 11.3 Å². The van der Waals surface area contributed by atoms with Crippen molar-refractivity contribution in [3.63, 3.8) is 0 Å². The lowest BCUT2D eigenvalue weighted by atomic mass is 10.00. The van der Waals surface area contributed by atoms with Crippen LogP contribution in [0, 0.1) is 13.8 Å². The normalized spacial score (nSPS) is 12.9. The lowest BCUT2D eigenvalue weighted by molar-refractivity contribution is 0.590. The molecule has 1 unspecified atom stereocenters. The van der Waals surface area contributed by atoms with Crippen molar-refractivity contribution in [1.29, 1.82) is 0 Å². The summed E-state index contributed by atoms with van der Waals surface area (Å²) in [5.74, 6) is 0. The summed E-state index contributed by atoms with van der Waals surface area (Å²) in [5.41, 5.74) is 5.12. The number of nitrogens with one attached hydrogen (secondary N) is 1. The Bertz CT molecular complexity index is 485. The summed E-state index contributed by atoms with van der Waals surface area (Å²) in [6, 6.07) is 2.57. The van der Waals surface area contributed by atoms with Gasteiger partial charge < -0.3 is 5.32 Å². The van der Waals surface area contributed by atoms with E-state index in [0.717, 1.165) is 12.1 Å². The number of hydrogen-bond acceptors (Lipinski definition) is 3. The molecule has 1 N–H and O–H groups in total. The van der Waals surface area contributed by atoms with Gasteiger partial charge in [-0.25, -0.2) is 0 Å². The smallest absolute Gasteiger partial charge is 0.0629 e. The van der Waals surface area contributed by atoms with Crippen LogP contribution in [-0.4, -0.2) is 16.8 Å². The fraction of sp³-hybridized carbons (Fsp3) is 0.462. The van der Waals surface area contributed by atoms with Crippen molar-refractivity contribution < 1.29 is 0 Å². The summed E-state index contributed by atoms with van der Waals surface area (Å²) in [7, 11) is 4.02. The summed E-state index contributed by atoms with van der Waals surface area (Å²) < 4.78 is 1.96. The van der Waals surface area contributed by atoms with E-state index >= 15 is 0 Å². The van der Waals surface area contributed by atoms with E-state index in [4.69, 9.17) is 0 Å². The maximum absolute atomic E-state index is 4.47. The molecule has 0 saturated heterocycles. The quantitative estimate of drug-likeness (QED) is 0.902. The number of likely N-dealkylation sites (N-methyl/N-ethyl adjacent to an activating group) is 1. The Balaban J connectivity index is 2.24. The average molecular weight is 249 g/mol. The maximum Gasteiger partial charge on any atom is 0.0629 e. The van der Waals surface area contributed by atoms with Gasteiger partial charge in [0.25, 0.3) is 0 Å². The second kappa shape index (κ2) is 5.02. The number of hydrogen-bond donors (Lipinski definition) is 1. The first-order valence-electron chi connectivity index (χ1n) is 5.82. The Hall–Kier alpha value is -1.13. The van der Waals surface area contributed by atoms with Crippen molar-refractivity contribution in [2.75, 3.05) is 7.05 Å². The van der Waals surface area contributed by atoms with Crippen LogP contribution in [0.1, 0.15) is 28.6 Å². The van der Waals surface area contributed by atoms with Gasteiger partial charge >= 0.3 is 0 Å². The molecule has 0 fully saturated rings. The highest BCUT2D eigenvalue weighted by Gasteiger charge is 2.16. The van der Waals surface area contributed by atoms with Gasteiger partial charge in [0.15, 0.2) is 0 Å². The molecule has 0 aliphatic carbocycles. The molecule has 0 saturated carbocycles. The largest absolute Gasteiger partial charge is 0.313 e. The highest BCUT2D eigenvalue weighted by atomic mass is 32.1. The third-order valence-electron chi connectivity index (χ3n) is 3.36. The van der Waals surface area contributed by atoms with E-state index in [1.807, 2.05) is 18.8 Å². The van der Waals surface area contributed by atoms with Crippen LogP contribution in [-0.2, 0) is 13.5 Å². The standard InChI is InChI=1S/C13H19N3S/c1-9-12(10(2)16(4)15-9)7-13(14-3)11-5-6-17-8-11/h5-6,8,13-14H,7H2,1-4H3. The van der Waals surface area contributed by atoms with Crippen LogP contribution < -0.4 is 5.32 Å². The van der Waals surface area contributed by atoms with Gasteiger partial charge in [0.05, 0.1) is 5.69 Å². The fourth-order valence-corrected chi connectivity index (χ4v) is 2.89. The Morgan fingerprint density at radius 1 is 1.47 bits per heavy atom. The molecule has 0 aliphatic rings. The zero-order valence-electron chi connectivity index (χ0n) is 10.8. The maximum atomic E-state index is 4.47. The van der Waals surface area contributed by atoms with Gasteiger partial charge in [0.2, 0.25) is 0 Å². The molecule has 17 heavy (non-hydrogen) atoms. The monoisotopic (exact) mass is 249 g/mol. The molecule has 2 aromatic heterocycles. The summed E-state index contributed by atoms with van der Waals surface area (Å²) in [5, 5.41) is 12.2. The third kappa shape index (κ3) is 2.42. The molecule has 1 atom stereocenters. The van der Waals surface area contributed by atoms with Gasteiger partial charge in [-0.15, -0.1) is 0 Å². The number of rotatable bonds is 4. The summed E-state index contributed by atoms with van der Waals surface area (Å²) >= 11 is 1.75. The minimum absolute atomic E-state index is 0.378. The molecule has 0 bridgehead atoms. The highest BCUT2D eigenvalue weighted by molar-refractivity contribution is 7.07. The van der Waals surface area contributed by atoms with E-state index in [9.17, 15) is 0 Å². The Labute approximate surface area is 106 Å². The zero-order valence-corrected chi connectivity index (χ0v) is 11.6. The minimum atomic E-state index is 0.378. The van der Waals surface area contributed by atoms with Crippen LogP contribution in [0.3, 0.4) is 0 Å². The molecule has 2 aromatic rings. The molecule has 2 rings (SSSR count). The summed E-state index contributed by atoms with van der Waals surface area (Å²) in [6.07, 6.45) is 0.999. The molecule has 3 nitrogen and oxygen atoms in total. The van der Waals surface area contributed by atoms with Gasteiger partial charge in [-0.05, 0) is 55.3 Å². The van der Waals surface area contributed by atoms with Crippen molar-refractivity contribution in [1.82, 2.24) is 15.1 Å². The number of aromatic nitrogens is 2. The molecular weight excluding hydrogens is 230 g/mol. The van der Waals surface area contributed by atoms with E-state index in [0.29, 0.717) is 6.04 Å². The molecular formula is C13H19N3S. The van der Waals surface area contributed by atoms with Crippen molar-refractivity contribution in [2.24, 2.45) is 7.05 Å². The van der Waals surface area contributed by atoms with Crippen LogP contribution in [0.15, 0.2) is 16.8 Å². The zero-order chi connectivity index (χ0) is 12.4. The molecule has 0 amide bonds. The predicted molar refractivity (Wildman–Crippen MR) is 72.5 cm³/mol. The van der Waals surface area contributed by atoms with E-state index in [1.165, 1.54) is 16.8 Å². The SMILES string of the molecule is CNC(Cc1c(C)nn(C)c1C)c1ccsc1. The summed E-state index contributed by atoms with van der Waals surface area (Å²) in [6.45, 7) is 4.22. The Kier molecular flexibility index (Phi) is 3.64. The molecule has 4 heteroatoms. The first-order valence-corrected chi connectivity index (χ1v) is 6.76. The Morgan fingerprint density at radius 2 is 2.24 bits per heavy atom. The number of thiophene rings is 1. The minimum Gasteiger partial charge on any atom is -0.313 e. The third-order valence-corrected chi connectivity index (χ3v) is 4.06. The lowest BCUT2D eigenvalue weighted by Gasteiger charge is -2.15. The second-order valence-electron chi connectivity index (χ2n) is 4.38. The van der Waals surface area contributed by atoms with E-state index in [-0.39, 0.29) is 0 Å². The van der Waals surface area contributed by atoms with Crippen LogP contribution in [0.2, 0.25) is 0 Å². The van der Waals surface area contributed by atoms with Crippen LogP contribution in [0.5, 0.6) is 0 Å². The van der Waals surface area contributed by atoms with Gasteiger partial charge in [0.1, 0.15) is 0 Å². The first-order chi connectivity index (χ1) is 8.13. The van der Waals surface area contributed by atoms with Crippen LogP contribution in [0.25, 0.3) is 0 Å². The molecule has 0 spiro atoms. The van der Waals surface area contributed by atoms with Gasteiger partial charge in [-0.1, -0.05) is 0 Å². The second-order valence-corrected chi connectivity index (χ2v) is 5.16. The first kappa shape index (κ1) is 12.3. The van der Waals surface area contributed by atoms with Crippen molar-refractivity contribution in [2.45, 2.75) is 26.3 Å². The topological polar surface area (TPSA) is 29.9 Å². The molecule has 92 valence electrons. The van der Waals surface area contributed by atoms with Gasteiger partial charge in [-0.3, -0.25) is 4.68 Å². The molecule has 2 heterocycles. The predicted octanol–water partition coefficient (Wildman–Crippen LogP) is 2.60. The van der Waals surface area contributed by atoms with Crippen molar-refractivity contribution in [3.8, 4) is 0 Å². The van der Waals surface area contributed by atoms with Gasteiger partial charge in [-0.2, -0.15) is 16.4 Å². The molecule has 0 aliphatic heterocycles. The molecule has 0 aromatic carbocycles. The average Bonchev–Trinajstić information content (AvgIpc) is 2.89.